The maximum absolute atomic E-state index is 10.7. The Kier molecular flexibility index (Phi) is 1.92. The molecule has 0 saturated carbocycles. The van der Waals surface area contributed by atoms with E-state index in [9.17, 15) is 4.79 Å². The zero-order valence-electron chi connectivity index (χ0n) is 6.02. The van der Waals surface area contributed by atoms with Gasteiger partial charge in [-0.1, -0.05) is 0 Å². The van der Waals surface area contributed by atoms with Crippen molar-refractivity contribution in [3.63, 3.8) is 0 Å². The Hall–Kier alpha value is -0.610. The summed E-state index contributed by atoms with van der Waals surface area (Å²) in [6.45, 7) is 3.56. The number of hydrogen-bond donors (Lipinski definition) is 2. The minimum absolute atomic E-state index is 0.403. The lowest BCUT2D eigenvalue weighted by Gasteiger charge is -2.30. The lowest BCUT2D eigenvalue weighted by Crippen LogP contribution is -2.55. The molecule has 0 radical (unpaired) electrons. The fraction of sp³-hybridized carbons (Fsp3) is 0.833. The number of rotatable bonds is 1. The zero-order valence-corrected chi connectivity index (χ0v) is 6.02. The van der Waals surface area contributed by atoms with Gasteiger partial charge < -0.3 is 15.8 Å². The summed E-state index contributed by atoms with van der Waals surface area (Å²) in [4.78, 5) is 10.7. The molecule has 4 heteroatoms. The average molecular weight is 144 g/mol. The van der Waals surface area contributed by atoms with Crippen LogP contribution in [0.5, 0.6) is 0 Å². The van der Waals surface area contributed by atoms with Crippen molar-refractivity contribution >= 4 is 5.91 Å². The first-order valence-electron chi connectivity index (χ1n) is 3.30. The molecule has 0 aliphatic carbocycles. The Labute approximate surface area is 59.7 Å². The highest BCUT2D eigenvalue weighted by atomic mass is 16.5. The molecule has 0 spiro atoms. The molecule has 1 atom stereocenters. The van der Waals surface area contributed by atoms with Crippen LogP contribution < -0.4 is 11.1 Å². The third-order valence-electron chi connectivity index (χ3n) is 1.68. The van der Waals surface area contributed by atoms with Crippen molar-refractivity contribution in [3.8, 4) is 0 Å². The SMILES string of the molecule is C[C@]1(C(N)=O)CNCCO1. The summed E-state index contributed by atoms with van der Waals surface area (Å²) in [6, 6.07) is 0. The van der Waals surface area contributed by atoms with Crippen molar-refractivity contribution in [2.75, 3.05) is 19.7 Å². The van der Waals surface area contributed by atoms with Gasteiger partial charge in [0.15, 0.2) is 5.60 Å². The minimum Gasteiger partial charge on any atom is -0.367 e. The molecule has 4 nitrogen and oxygen atoms in total. The Morgan fingerprint density at radius 1 is 1.80 bits per heavy atom. The van der Waals surface area contributed by atoms with E-state index >= 15 is 0 Å². The first-order chi connectivity index (χ1) is 4.65. The molecule has 1 amide bonds. The number of nitrogens with two attached hydrogens (primary N) is 1. The van der Waals surface area contributed by atoms with Crippen LogP contribution in [-0.2, 0) is 9.53 Å². The number of ether oxygens (including phenoxy) is 1. The summed E-state index contributed by atoms with van der Waals surface area (Å²) in [5.41, 5.74) is 4.30. The second-order valence-corrected chi connectivity index (χ2v) is 2.62. The third-order valence-corrected chi connectivity index (χ3v) is 1.68. The molecule has 1 aliphatic heterocycles. The van der Waals surface area contributed by atoms with Gasteiger partial charge in [0.1, 0.15) is 0 Å². The normalized spacial score (nSPS) is 33.7. The van der Waals surface area contributed by atoms with Gasteiger partial charge in [0.25, 0.3) is 5.91 Å². The smallest absolute Gasteiger partial charge is 0.250 e. The van der Waals surface area contributed by atoms with Crippen LogP contribution in [-0.4, -0.2) is 31.2 Å². The molecular formula is C6H12N2O2. The van der Waals surface area contributed by atoms with E-state index in [-0.39, 0.29) is 0 Å². The molecule has 1 fully saturated rings. The van der Waals surface area contributed by atoms with Crippen LogP contribution in [0.2, 0.25) is 0 Å². The fourth-order valence-electron chi connectivity index (χ4n) is 0.885. The molecule has 0 bridgehead atoms. The molecule has 0 aromatic rings. The van der Waals surface area contributed by atoms with E-state index in [1.807, 2.05) is 0 Å². The molecular weight excluding hydrogens is 132 g/mol. The van der Waals surface area contributed by atoms with E-state index in [0.29, 0.717) is 13.2 Å². The van der Waals surface area contributed by atoms with Crippen LogP contribution in [0, 0.1) is 0 Å². The van der Waals surface area contributed by atoms with Gasteiger partial charge in [0.05, 0.1) is 6.61 Å². The van der Waals surface area contributed by atoms with E-state index in [4.69, 9.17) is 10.5 Å². The average Bonchev–Trinajstić information content (AvgIpc) is 1.89. The Balaban J connectivity index is 2.56. The first-order valence-corrected chi connectivity index (χ1v) is 3.30. The van der Waals surface area contributed by atoms with Gasteiger partial charge in [-0.3, -0.25) is 4.79 Å². The molecule has 1 heterocycles. The highest BCUT2D eigenvalue weighted by Crippen LogP contribution is 2.10. The van der Waals surface area contributed by atoms with Crippen molar-refractivity contribution in [2.45, 2.75) is 12.5 Å². The van der Waals surface area contributed by atoms with Gasteiger partial charge in [0.2, 0.25) is 0 Å². The molecule has 1 saturated heterocycles. The van der Waals surface area contributed by atoms with Gasteiger partial charge in [-0.25, -0.2) is 0 Å². The third kappa shape index (κ3) is 1.27. The summed E-state index contributed by atoms with van der Waals surface area (Å²) in [6.07, 6.45) is 0. The van der Waals surface area contributed by atoms with Crippen LogP contribution in [0.3, 0.4) is 0 Å². The number of nitrogens with one attached hydrogen (secondary N) is 1. The molecule has 3 N–H and O–H groups in total. The largest absolute Gasteiger partial charge is 0.367 e. The maximum Gasteiger partial charge on any atom is 0.250 e. The molecule has 10 heavy (non-hydrogen) atoms. The number of primary amides is 1. The second-order valence-electron chi connectivity index (χ2n) is 2.62. The van der Waals surface area contributed by atoms with Gasteiger partial charge in [-0.05, 0) is 6.92 Å². The predicted molar refractivity (Wildman–Crippen MR) is 36.4 cm³/mol. The molecule has 0 aromatic heterocycles. The van der Waals surface area contributed by atoms with E-state index in [1.165, 1.54) is 0 Å². The lowest BCUT2D eigenvalue weighted by atomic mass is 10.1. The van der Waals surface area contributed by atoms with Crippen LogP contribution in [0.4, 0.5) is 0 Å². The number of hydrogen-bond acceptors (Lipinski definition) is 3. The van der Waals surface area contributed by atoms with Crippen molar-refractivity contribution in [2.24, 2.45) is 5.73 Å². The summed E-state index contributed by atoms with van der Waals surface area (Å²) in [5, 5.41) is 3.03. The second kappa shape index (κ2) is 2.56. The summed E-state index contributed by atoms with van der Waals surface area (Å²) < 4.78 is 5.19. The topological polar surface area (TPSA) is 64.4 Å². The molecule has 1 rings (SSSR count). The Bertz CT molecular complexity index is 141. The fourth-order valence-corrected chi connectivity index (χ4v) is 0.885. The number of amides is 1. The Morgan fingerprint density at radius 3 is 2.80 bits per heavy atom. The standard InChI is InChI=1S/C6H12N2O2/c1-6(5(7)9)4-8-2-3-10-6/h8H,2-4H2,1H3,(H2,7,9)/t6-/m1/s1. The van der Waals surface area contributed by atoms with Gasteiger partial charge in [0, 0.05) is 13.1 Å². The van der Waals surface area contributed by atoms with Crippen LogP contribution in [0.15, 0.2) is 0 Å². The maximum atomic E-state index is 10.7. The summed E-state index contributed by atoms with van der Waals surface area (Å²) in [5.74, 6) is -0.403. The van der Waals surface area contributed by atoms with Gasteiger partial charge >= 0.3 is 0 Å². The van der Waals surface area contributed by atoms with Crippen molar-refractivity contribution in [3.05, 3.63) is 0 Å². The quantitative estimate of drug-likeness (QED) is 0.488. The van der Waals surface area contributed by atoms with E-state index < -0.39 is 11.5 Å². The van der Waals surface area contributed by atoms with E-state index in [0.717, 1.165) is 6.54 Å². The number of carbonyl (C=O) groups is 1. The first kappa shape index (κ1) is 7.50. The van der Waals surface area contributed by atoms with Crippen LogP contribution in [0.1, 0.15) is 6.92 Å². The lowest BCUT2D eigenvalue weighted by molar-refractivity contribution is -0.144. The zero-order chi connectivity index (χ0) is 7.61. The summed E-state index contributed by atoms with van der Waals surface area (Å²) in [7, 11) is 0. The van der Waals surface area contributed by atoms with Crippen molar-refractivity contribution in [1.29, 1.82) is 0 Å². The van der Waals surface area contributed by atoms with Crippen LogP contribution >= 0.6 is 0 Å². The molecule has 1 aliphatic rings. The van der Waals surface area contributed by atoms with Crippen molar-refractivity contribution in [1.82, 2.24) is 5.32 Å². The van der Waals surface area contributed by atoms with E-state index in [2.05, 4.69) is 5.32 Å². The highest BCUT2D eigenvalue weighted by molar-refractivity contribution is 5.83. The minimum atomic E-state index is -0.793. The molecule has 58 valence electrons. The monoisotopic (exact) mass is 144 g/mol. The predicted octanol–water partition coefficient (Wildman–Crippen LogP) is -1.15. The number of carbonyl (C=O) groups excluding carboxylic acids is 1. The Morgan fingerprint density at radius 2 is 2.50 bits per heavy atom. The number of morpholine rings is 1. The van der Waals surface area contributed by atoms with Gasteiger partial charge in [-0.2, -0.15) is 0 Å². The highest BCUT2D eigenvalue weighted by Gasteiger charge is 2.33. The summed E-state index contributed by atoms with van der Waals surface area (Å²) >= 11 is 0. The molecule has 0 unspecified atom stereocenters. The van der Waals surface area contributed by atoms with Crippen molar-refractivity contribution < 1.29 is 9.53 Å². The molecule has 0 aromatic carbocycles. The van der Waals surface area contributed by atoms with Gasteiger partial charge in [-0.15, -0.1) is 0 Å². The van der Waals surface area contributed by atoms with E-state index in [1.54, 1.807) is 6.92 Å². The van der Waals surface area contributed by atoms with Crippen LogP contribution in [0.25, 0.3) is 0 Å².